The van der Waals surface area contributed by atoms with Crippen LogP contribution in [0.3, 0.4) is 0 Å². The number of hydrogen-bond acceptors (Lipinski definition) is 8. The number of fused-ring (bicyclic) bond motifs is 1. The monoisotopic (exact) mass is 370 g/mol. The highest BCUT2D eigenvalue weighted by atomic mass is 16.5. The van der Waals surface area contributed by atoms with Crippen LogP contribution in [-0.2, 0) is 6.54 Å². The van der Waals surface area contributed by atoms with Crippen molar-refractivity contribution in [1.82, 2.24) is 29.6 Å². The Morgan fingerprint density at radius 2 is 2.15 bits per heavy atom. The third-order valence-corrected chi connectivity index (χ3v) is 4.19. The van der Waals surface area contributed by atoms with Crippen LogP contribution in [0.5, 0.6) is 11.5 Å². The van der Waals surface area contributed by atoms with E-state index in [0.717, 1.165) is 0 Å². The molecule has 3 aromatic rings. The second kappa shape index (κ2) is 6.61. The topological polar surface area (TPSA) is 137 Å². The maximum absolute atomic E-state index is 12.5. The SMILES string of the molecule is COc1ccnc(Cn2c3c([nH]c2=O)C(N)NC(n2cccn2)=N3)c1OC. The van der Waals surface area contributed by atoms with Crippen LogP contribution in [0, 0.1) is 0 Å². The molecule has 0 aliphatic carbocycles. The van der Waals surface area contributed by atoms with Gasteiger partial charge in [-0.1, -0.05) is 0 Å². The maximum atomic E-state index is 12.5. The predicted octanol–water partition coefficient (Wildman–Crippen LogP) is -0.0703. The molecule has 1 aliphatic heterocycles. The van der Waals surface area contributed by atoms with E-state index in [1.165, 1.54) is 23.5 Å². The summed E-state index contributed by atoms with van der Waals surface area (Å²) in [6.45, 7) is 0.133. The van der Waals surface area contributed by atoms with Gasteiger partial charge >= 0.3 is 5.69 Å². The lowest BCUT2D eigenvalue weighted by Crippen LogP contribution is -2.40. The molecular formula is C16H18N8O3. The first-order chi connectivity index (χ1) is 13.1. The van der Waals surface area contributed by atoms with Gasteiger partial charge in [0.25, 0.3) is 0 Å². The number of aromatic nitrogens is 5. The molecule has 4 heterocycles. The molecular weight excluding hydrogens is 352 g/mol. The first kappa shape index (κ1) is 16.8. The highest BCUT2D eigenvalue weighted by Crippen LogP contribution is 2.31. The molecule has 0 bridgehead atoms. The van der Waals surface area contributed by atoms with Crippen molar-refractivity contribution in [2.45, 2.75) is 12.7 Å². The Labute approximate surface area is 153 Å². The summed E-state index contributed by atoms with van der Waals surface area (Å²) in [6.07, 6.45) is 4.31. The van der Waals surface area contributed by atoms with Crippen LogP contribution in [0.1, 0.15) is 17.6 Å². The van der Waals surface area contributed by atoms with Crippen molar-refractivity contribution in [3.05, 3.63) is 52.6 Å². The van der Waals surface area contributed by atoms with Crippen molar-refractivity contribution in [3.63, 3.8) is 0 Å². The number of rotatable bonds is 4. The summed E-state index contributed by atoms with van der Waals surface area (Å²) in [7, 11) is 3.06. The third-order valence-electron chi connectivity index (χ3n) is 4.19. The molecule has 27 heavy (non-hydrogen) atoms. The molecule has 3 aromatic heterocycles. The summed E-state index contributed by atoms with van der Waals surface area (Å²) in [5.74, 6) is 1.80. The number of aromatic amines is 1. The molecule has 11 heteroatoms. The van der Waals surface area contributed by atoms with Crippen LogP contribution in [0.4, 0.5) is 5.82 Å². The van der Waals surface area contributed by atoms with Crippen molar-refractivity contribution >= 4 is 11.8 Å². The van der Waals surface area contributed by atoms with E-state index in [-0.39, 0.29) is 12.2 Å². The Morgan fingerprint density at radius 1 is 1.30 bits per heavy atom. The number of nitrogens with two attached hydrogens (primary N) is 1. The van der Waals surface area contributed by atoms with Crippen LogP contribution in [0.15, 0.2) is 40.5 Å². The average Bonchev–Trinajstić information content (AvgIpc) is 3.31. The smallest absolute Gasteiger partial charge is 0.327 e. The number of imidazole rings is 1. The van der Waals surface area contributed by atoms with E-state index < -0.39 is 6.17 Å². The van der Waals surface area contributed by atoms with Crippen LogP contribution < -0.4 is 26.2 Å². The number of aliphatic imine (C=N–C) groups is 1. The van der Waals surface area contributed by atoms with E-state index in [2.05, 4.69) is 25.4 Å². The highest BCUT2D eigenvalue weighted by molar-refractivity contribution is 5.86. The van der Waals surface area contributed by atoms with Gasteiger partial charge < -0.3 is 25.5 Å². The zero-order valence-corrected chi connectivity index (χ0v) is 14.7. The van der Waals surface area contributed by atoms with Gasteiger partial charge in [0.2, 0.25) is 5.96 Å². The molecule has 0 radical (unpaired) electrons. The van der Waals surface area contributed by atoms with Gasteiger partial charge in [0.05, 0.1) is 20.8 Å². The van der Waals surface area contributed by atoms with Gasteiger partial charge in [-0.3, -0.25) is 9.55 Å². The van der Waals surface area contributed by atoms with Gasteiger partial charge in [-0.2, -0.15) is 10.1 Å². The van der Waals surface area contributed by atoms with Crippen LogP contribution in [-0.4, -0.2) is 44.5 Å². The molecule has 140 valence electrons. The first-order valence-electron chi connectivity index (χ1n) is 8.11. The molecule has 1 unspecified atom stereocenters. The van der Waals surface area contributed by atoms with E-state index in [9.17, 15) is 4.79 Å². The second-order valence-corrected chi connectivity index (χ2v) is 5.75. The molecule has 1 atom stereocenters. The van der Waals surface area contributed by atoms with Crippen molar-refractivity contribution in [2.24, 2.45) is 10.7 Å². The summed E-state index contributed by atoms with van der Waals surface area (Å²) >= 11 is 0. The molecule has 4 N–H and O–H groups in total. The molecule has 1 aliphatic rings. The Morgan fingerprint density at radius 3 is 2.85 bits per heavy atom. The number of ether oxygens (including phenoxy) is 2. The average molecular weight is 370 g/mol. The molecule has 11 nitrogen and oxygen atoms in total. The molecule has 4 rings (SSSR count). The van der Waals surface area contributed by atoms with Crippen molar-refractivity contribution in [2.75, 3.05) is 14.2 Å². The largest absolute Gasteiger partial charge is 0.493 e. The van der Waals surface area contributed by atoms with E-state index in [1.807, 2.05) is 0 Å². The van der Waals surface area contributed by atoms with Crippen molar-refractivity contribution in [1.29, 1.82) is 0 Å². The number of H-pyrrole nitrogens is 1. The fraction of sp³-hybridized carbons (Fsp3) is 0.250. The van der Waals surface area contributed by atoms with E-state index in [1.54, 1.807) is 30.7 Å². The van der Waals surface area contributed by atoms with Gasteiger partial charge in [-0.05, 0) is 6.07 Å². The minimum absolute atomic E-state index is 0.133. The maximum Gasteiger partial charge on any atom is 0.327 e. The Bertz CT molecular complexity index is 1050. The predicted molar refractivity (Wildman–Crippen MR) is 96.3 cm³/mol. The molecule has 0 fully saturated rings. The summed E-state index contributed by atoms with van der Waals surface area (Å²) < 4.78 is 13.7. The van der Waals surface area contributed by atoms with Crippen LogP contribution in [0.2, 0.25) is 0 Å². The standard InChI is InChI=1S/C16H18N8O3/c1-26-10-4-6-18-9(12(10)27-2)8-23-14-11(20-16(23)25)13(17)21-15(22-14)24-7-3-5-19-24/h3-7,13H,8,17H2,1-2H3,(H,20,25)(H,21,22). The lowest BCUT2D eigenvalue weighted by molar-refractivity contribution is 0.348. The van der Waals surface area contributed by atoms with Crippen LogP contribution >= 0.6 is 0 Å². The zero-order chi connectivity index (χ0) is 19.0. The van der Waals surface area contributed by atoms with E-state index in [0.29, 0.717) is 34.7 Å². The molecule has 0 spiro atoms. The van der Waals surface area contributed by atoms with Gasteiger partial charge in [0.15, 0.2) is 17.3 Å². The minimum Gasteiger partial charge on any atom is -0.493 e. The molecule has 0 saturated carbocycles. The van der Waals surface area contributed by atoms with Crippen molar-refractivity contribution < 1.29 is 9.47 Å². The van der Waals surface area contributed by atoms with E-state index >= 15 is 0 Å². The van der Waals surface area contributed by atoms with Gasteiger partial charge in [0.1, 0.15) is 17.6 Å². The van der Waals surface area contributed by atoms with Gasteiger partial charge in [0, 0.05) is 24.7 Å². The van der Waals surface area contributed by atoms with Crippen molar-refractivity contribution in [3.8, 4) is 11.5 Å². The lowest BCUT2D eigenvalue weighted by atomic mass is 10.3. The molecule has 0 aromatic carbocycles. The number of methoxy groups -OCH3 is 2. The number of nitrogens with zero attached hydrogens (tertiary/aromatic N) is 5. The quantitative estimate of drug-likeness (QED) is 0.584. The lowest BCUT2D eigenvalue weighted by Gasteiger charge is -2.21. The van der Waals surface area contributed by atoms with Crippen LogP contribution in [0.25, 0.3) is 0 Å². The second-order valence-electron chi connectivity index (χ2n) is 5.75. The van der Waals surface area contributed by atoms with Gasteiger partial charge in [-0.25, -0.2) is 9.48 Å². The summed E-state index contributed by atoms with van der Waals surface area (Å²) in [5.41, 5.74) is 6.81. The fourth-order valence-corrected chi connectivity index (χ4v) is 2.93. The van der Waals surface area contributed by atoms with Gasteiger partial charge in [-0.15, -0.1) is 0 Å². The fourth-order valence-electron chi connectivity index (χ4n) is 2.93. The summed E-state index contributed by atoms with van der Waals surface area (Å²) in [5, 5.41) is 7.14. The third kappa shape index (κ3) is 2.83. The zero-order valence-electron chi connectivity index (χ0n) is 14.7. The first-order valence-corrected chi connectivity index (χ1v) is 8.11. The summed E-state index contributed by atoms with van der Waals surface area (Å²) in [6, 6.07) is 3.45. The Balaban J connectivity index is 1.80. The molecule has 0 saturated heterocycles. The highest BCUT2D eigenvalue weighted by Gasteiger charge is 2.27. The normalized spacial score (nSPS) is 15.7. The summed E-state index contributed by atoms with van der Waals surface area (Å²) in [4.78, 5) is 24.1. The number of pyridine rings is 1. The van der Waals surface area contributed by atoms with E-state index in [4.69, 9.17) is 15.2 Å². The number of nitrogens with one attached hydrogen (secondary N) is 2. The minimum atomic E-state index is -0.634. The number of hydrogen-bond donors (Lipinski definition) is 3. The Kier molecular flexibility index (Phi) is 4.12. The molecule has 0 amide bonds. The Hall–Kier alpha value is -3.60.